The number of carbonyl (C=O) groups excluding carboxylic acids is 1. The van der Waals surface area contributed by atoms with E-state index in [9.17, 15) is 4.79 Å². The number of hydrogen-bond acceptors (Lipinski definition) is 5. The van der Waals surface area contributed by atoms with Gasteiger partial charge in [0.1, 0.15) is 0 Å². The SMILES string of the molecule is O=C(Nc1cccc(-c2nnnn2S)c1)c1ccccc1. The van der Waals surface area contributed by atoms with E-state index in [1.54, 1.807) is 24.3 Å². The third-order valence-electron chi connectivity index (χ3n) is 2.87. The first-order chi connectivity index (χ1) is 10.2. The summed E-state index contributed by atoms with van der Waals surface area (Å²) in [6.45, 7) is 0. The molecule has 0 atom stereocenters. The molecule has 6 nitrogen and oxygen atoms in total. The van der Waals surface area contributed by atoms with E-state index >= 15 is 0 Å². The van der Waals surface area contributed by atoms with Crippen LogP contribution in [-0.2, 0) is 0 Å². The topological polar surface area (TPSA) is 72.7 Å². The Bertz CT molecular complexity index is 772. The predicted molar refractivity (Wildman–Crippen MR) is 82.0 cm³/mol. The highest BCUT2D eigenvalue weighted by Crippen LogP contribution is 2.20. The maximum Gasteiger partial charge on any atom is 0.255 e. The molecule has 7 heteroatoms. The fourth-order valence-corrected chi connectivity index (χ4v) is 2.08. The Morgan fingerprint density at radius 2 is 1.90 bits per heavy atom. The second-order valence-corrected chi connectivity index (χ2v) is 4.67. The highest BCUT2D eigenvalue weighted by molar-refractivity contribution is 7.78. The minimum absolute atomic E-state index is 0.168. The highest BCUT2D eigenvalue weighted by Gasteiger charge is 2.09. The summed E-state index contributed by atoms with van der Waals surface area (Å²) in [5, 5.41) is 13.9. The number of nitrogens with zero attached hydrogens (tertiary/aromatic N) is 4. The Morgan fingerprint density at radius 1 is 1.10 bits per heavy atom. The van der Waals surface area contributed by atoms with Crippen LogP contribution in [0.15, 0.2) is 54.6 Å². The Labute approximate surface area is 126 Å². The summed E-state index contributed by atoms with van der Waals surface area (Å²) < 4.78 is 1.28. The van der Waals surface area contributed by atoms with Crippen molar-refractivity contribution in [1.29, 1.82) is 0 Å². The van der Waals surface area contributed by atoms with Crippen molar-refractivity contribution in [3.63, 3.8) is 0 Å². The van der Waals surface area contributed by atoms with Crippen LogP contribution < -0.4 is 5.32 Å². The zero-order valence-electron chi connectivity index (χ0n) is 10.8. The van der Waals surface area contributed by atoms with Gasteiger partial charge in [-0.05, 0) is 47.5 Å². The smallest absolute Gasteiger partial charge is 0.255 e. The van der Waals surface area contributed by atoms with Gasteiger partial charge in [-0.1, -0.05) is 30.3 Å². The zero-order valence-corrected chi connectivity index (χ0v) is 11.7. The molecule has 0 aliphatic carbocycles. The average Bonchev–Trinajstić information content (AvgIpc) is 2.94. The Morgan fingerprint density at radius 3 is 2.62 bits per heavy atom. The summed E-state index contributed by atoms with van der Waals surface area (Å²) in [5.41, 5.74) is 2.03. The molecule has 0 aliphatic heterocycles. The van der Waals surface area contributed by atoms with Crippen molar-refractivity contribution in [1.82, 2.24) is 19.6 Å². The summed E-state index contributed by atoms with van der Waals surface area (Å²) in [6, 6.07) is 16.3. The molecule has 3 aromatic rings. The van der Waals surface area contributed by atoms with Gasteiger partial charge in [-0.15, -0.1) is 5.10 Å². The zero-order chi connectivity index (χ0) is 14.7. The largest absolute Gasteiger partial charge is 0.322 e. The fourth-order valence-electron chi connectivity index (χ4n) is 1.88. The minimum Gasteiger partial charge on any atom is -0.322 e. The van der Waals surface area contributed by atoms with E-state index in [1.807, 2.05) is 30.3 Å². The summed E-state index contributed by atoms with van der Waals surface area (Å²) in [7, 11) is 0. The number of nitrogens with one attached hydrogen (secondary N) is 1. The van der Waals surface area contributed by atoms with Crippen LogP contribution in [0.1, 0.15) is 10.4 Å². The van der Waals surface area contributed by atoms with E-state index in [2.05, 4.69) is 33.7 Å². The minimum atomic E-state index is -0.168. The number of aromatic nitrogens is 4. The number of thiol groups is 1. The first-order valence-corrected chi connectivity index (χ1v) is 6.58. The molecular weight excluding hydrogens is 286 g/mol. The van der Waals surface area contributed by atoms with Crippen LogP contribution in [0.25, 0.3) is 11.4 Å². The van der Waals surface area contributed by atoms with Gasteiger partial charge < -0.3 is 5.32 Å². The fraction of sp³-hybridized carbons (Fsp3) is 0. The van der Waals surface area contributed by atoms with Gasteiger partial charge >= 0.3 is 0 Å². The van der Waals surface area contributed by atoms with Crippen LogP contribution in [-0.4, -0.2) is 25.5 Å². The van der Waals surface area contributed by atoms with Crippen molar-refractivity contribution in [2.75, 3.05) is 5.32 Å². The number of rotatable bonds is 3. The van der Waals surface area contributed by atoms with E-state index in [4.69, 9.17) is 0 Å². The van der Waals surface area contributed by atoms with E-state index in [-0.39, 0.29) is 5.91 Å². The molecule has 0 bridgehead atoms. The lowest BCUT2D eigenvalue weighted by Gasteiger charge is -2.06. The number of carbonyl (C=O) groups is 1. The van der Waals surface area contributed by atoms with Gasteiger partial charge in [0, 0.05) is 16.8 Å². The maximum absolute atomic E-state index is 12.1. The third-order valence-corrected chi connectivity index (χ3v) is 3.14. The lowest BCUT2D eigenvalue weighted by atomic mass is 10.1. The van der Waals surface area contributed by atoms with Crippen molar-refractivity contribution < 1.29 is 4.79 Å². The quantitative estimate of drug-likeness (QED) is 0.728. The van der Waals surface area contributed by atoms with Crippen molar-refractivity contribution in [2.24, 2.45) is 0 Å². The molecule has 21 heavy (non-hydrogen) atoms. The van der Waals surface area contributed by atoms with Crippen molar-refractivity contribution in [2.45, 2.75) is 0 Å². The molecule has 0 unspecified atom stereocenters. The molecule has 1 N–H and O–H groups in total. The van der Waals surface area contributed by atoms with E-state index in [0.717, 1.165) is 5.56 Å². The molecule has 0 fully saturated rings. The molecular formula is C14H11N5OS. The van der Waals surface area contributed by atoms with Gasteiger partial charge in [-0.2, -0.15) is 4.09 Å². The molecule has 1 aromatic heterocycles. The number of hydrogen-bond donors (Lipinski definition) is 2. The van der Waals surface area contributed by atoms with Crippen LogP contribution in [0.3, 0.4) is 0 Å². The number of tetrazole rings is 1. The predicted octanol–water partition coefficient (Wildman–Crippen LogP) is 2.29. The molecule has 0 saturated heterocycles. The van der Waals surface area contributed by atoms with Crippen molar-refractivity contribution >= 4 is 24.4 Å². The summed E-state index contributed by atoms with van der Waals surface area (Å²) in [4.78, 5) is 12.1. The van der Waals surface area contributed by atoms with Crippen LogP contribution in [0, 0.1) is 0 Å². The molecule has 104 valence electrons. The van der Waals surface area contributed by atoms with Gasteiger partial charge in [-0.3, -0.25) is 4.79 Å². The standard InChI is InChI=1S/C14H11N5OS/c20-14(10-5-2-1-3-6-10)15-12-8-4-7-11(9-12)13-16-17-18-19(13)21/h1-9,21H,(H,15,20). The highest BCUT2D eigenvalue weighted by atomic mass is 32.1. The Kier molecular flexibility index (Phi) is 3.65. The second-order valence-electron chi connectivity index (χ2n) is 4.29. The Hall–Kier alpha value is -2.67. The van der Waals surface area contributed by atoms with Crippen LogP contribution in [0.4, 0.5) is 5.69 Å². The lowest BCUT2D eigenvalue weighted by Crippen LogP contribution is -2.11. The van der Waals surface area contributed by atoms with E-state index in [1.165, 1.54) is 4.09 Å². The van der Waals surface area contributed by atoms with Gasteiger partial charge in [0.25, 0.3) is 5.91 Å². The molecule has 0 aliphatic rings. The molecule has 2 aromatic carbocycles. The molecule has 0 spiro atoms. The molecule has 0 radical (unpaired) electrons. The number of anilines is 1. The van der Waals surface area contributed by atoms with E-state index < -0.39 is 0 Å². The summed E-state index contributed by atoms with van der Waals surface area (Å²) in [6.07, 6.45) is 0. The van der Waals surface area contributed by atoms with Gasteiger partial charge in [0.15, 0.2) is 5.82 Å². The summed E-state index contributed by atoms with van der Waals surface area (Å²) in [5.74, 6) is 0.340. The number of amides is 1. The number of benzene rings is 2. The second kappa shape index (κ2) is 5.76. The van der Waals surface area contributed by atoms with Crippen LogP contribution >= 0.6 is 12.8 Å². The van der Waals surface area contributed by atoms with Gasteiger partial charge in [0.2, 0.25) is 0 Å². The van der Waals surface area contributed by atoms with Gasteiger partial charge in [0.05, 0.1) is 0 Å². The third kappa shape index (κ3) is 2.92. The van der Waals surface area contributed by atoms with Crippen molar-refractivity contribution in [3.8, 4) is 11.4 Å². The Balaban J connectivity index is 1.84. The first kappa shape index (κ1) is 13.3. The molecule has 0 saturated carbocycles. The molecule has 1 heterocycles. The normalized spacial score (nSPS) is 10.3. The van der Waals surface area contributed by atoms with Crippen LogP contribution in [0.2, 0.25) is 0 Å². The first-order valence-electron chi connectivity index (χ1n) is 6.18. The average molecular weight is 297 g/mol. The van der Waals surface area contributed by atoms with Gasteiger partial charge in [-0.25, -0.2) is 0 Å². The van der Waals surface area contributed by atoms with Crippen molar-refractivity contribution in [3.05, 3.63) is 60.2 Å². The maximum atomic E-state index is 12.1. The molecule has 3 rings (SSSR count). The summed E-state index contributed by atoms with van der Waals surface area (Å²) >= 11 is 4.11. The monoisotopic (exact) mass is 297 g/mol. The van der Waals surface area contributed by atoms with Crippen LogP contribution in [0.5, 0.6) is 0 Å². The molecule has 1 amide bonds. The van der Waals surface area contributed by atoms with E-state index in [0.29, 0.717) is 17.1 Å². The lowest BCUT2D eigenvalue weighted by molar-refractivity contribution is 0.102.